The number of hydrogen-bond donors (Lipinski definition) is 2. The van der Waals surface area contributed by atoms with Gasteiger partial charge in [-0.25, -0.2) is 4.68 Å². The van der Waals surface area contributed by atoms with E-state index < -0.39 is 0 Å². The van der Waals surface area contributed by atoms with Crippen LogP contribution in [0.5, 0.6) is 5.75 Å². The molecule has 1 aliphatic heterocycles. The van der Waals surface area contributed by atoms with Crippen molar-refractivity contribution in [1.29, 1.82) is 0 Å². The normalized spacial score (nSPS) is 17.6. The number of halogens is 1. The van der Waals surface area contributed by atoms with E-state index in [9.17, 15) is 9.90 Å². The average Bonchev–Trinajstić information content (AvgIpc) is 2.97. The molecule has 0 radical (unpaired) electrons. The molecular weight excluding hydrogens is 316 g/mol. The van der Waals surface area contributed by atoms with Crippen molar-refractivity contribution in [3.05, 3.63) is 42.2 Å². The van der Waals surface area contributed by atoms with Gasteiger partial charge < -0.3 is 15.3 Å². The Morgan fingerprint density at radius 1 is 1.35 bits per heavy atom. The molecule has 7 heteroatoms. The van der Waals surface area contributed by atoms with Gasteiger partial charge in [0.15, 0.2) is 11.4 Å². The summed E-state index contributed by atoms with van der Waals surface area (Å²) in [4.78, 5) is 14.3. The third kappa shape index (κ3) is 3.65. The summed E-state index contributed by atoms with van der Waals surface area (Å²) in [6, 6.07) is 9.73. The standard InChI is InChI=1S/C16H20N4O2.ClH/c1-17-12-6-5-9-19(10-12)16(22)15-14(21)11-20(18-15)13-7-3-2-4-8-13;/h2-4,7-8,11-12,17,21H,5-6,9-10H2,1H3;1H. The van der Waals surface area contributed by atoms with Crippen LogP contribution in [0.3, 0.4) is 0 Å². The molecule has 3 rings (SSSR count). The zero-order chi connectivity index (χ0) is 15.5. The number of nitrogens with zero attached hydrogens (tertiary/aromatic N) is 3. The molecule has 1 unspecified atom stereocenters. The lowest BCUT2D eigenvalue weighted by molar-refractivity contribution is 0.0688. The van der Waals surface area contributed by atoms with Crippen LogP contribution in [0.1, 0.15) is 23.3 Å². The van der Waals surface area contributed by atoms with Gasteiger partial charge in [0.25, 0.3) is 5.91 Å². The zero-order valence-corrected chi connectivity index (χ0v) is 13.8. The molecule has 23 heavy (non-hydrogen) atoms. The molecule has 2 N–H and O–H groups in total. The summed E-state index contributed by atoms with van der Waals surface area (Å²) in [7, 11) is 1.90. The molecule has 2 aromatic rings. The molecule has 1 fully saturated rings. The van der Waals surface area contributed by atoms with Crippen molar-refractivity contribution < 1.29 is 9.90 Å². The van der Waals surface area contributed by atoms with E-state index in [0.29, 0.717) is 19.1 Å². The fraction of sp³-hybridized carbons (Fsp3) is 0.375. The maximum Gasteiger partial charge on any atom is 0.278 e. The number of hydrogen-bond acceptors (Lipinski definition) is 4. The molecule has 2 heterocycles. The minimum atomic E-state index is -0.216. The van der Waals surface area contributed by atoms with Gasteiger partial charge in [0, 0.05) is 19.1 Å². The number of benzene rings is 1. The Balaban J connectivity index is 0.00000192. The lowest BCUT2D eigenvalue weighted by atomic mass is 10.1. The molecule has 0 aliphatic carbocycles. The summed E-state index contributed by atoms with van der Waals surface area (Å²) in [5, 5.41) is 17.5. The molecule has 1 amide bonds. The van der Waals surface area contributed by atoms with Crippen LogP contribution < -0.4 is 5.32 Å². The number of rotatable bonds is 3. The van der Waals surface area contributed by atoms with Crippen LogP contribution in [0.15, 0.2) is 36.5 Å². The zero-order valence-electron chi connectivity index (χ0n) is 13.0. The first-order valence-electron chi connectivity index (χ1n) is 7.49. The lowest BCUT2D eigenvalue weighted by Crippen LogP contribution is -2.47. The maximum atomic E-state index is 12.6. The first-order valence-corrected chi connectivity index (χ1v) is 7.49. The first kappa shape index (κ1) is 17.3. The summed E-state index contributed by atoms with van der Waals surface area (Å²) in [6.45, 7) is 1.35. The van der Waals surface area contributed by atoms with Crippen molar-refractivity contribution in [2.24, 2.45) is 0 Å². The Bertz CT molecular complexity index is 659. The topological polar surface area (TPSA) is 70.4 Å². The van der Waals surface area contributed by atoms with Crippen LogP contribution in [0.2, 0.25) is 0 Å². The molecular formula is C16H21ClN4O2. The second-order valence-corrected chi connectivity index (χ2v) is 5.52. The highest BCUT2D eigenvalue weighted by atomic mass is 35.5. The van der Waals surface area contributed by atoms with E-state index in [0.717, 1.165) is 18.5 Å². The molecule has 0 saturated carbocycles. The van der Waals surface area contributed by atoms with Crippen molar-refractivity contribution in [2.45, 2.75) is 18.9 Å². The third-order valence-electron chi connectivity index (χ3n) is 4.04. The van der Waals surface area contributed by atoms with Crippen molar-refractivity contribution in [2.75, 3.05) is 20.1 Å². The highest BCUT2D eigenvalue weighted by Crippen LogP contribution is 2.21. The Morgan fingerprint density at radius 3 is 2.78 bits per heavy atom. The lowest BCUT2D eigenvalue weighted by Gasteiger charge is -2.32. The van der Waals surface area contributed by atoms with Crippen LogP contribution >= 0.6 is 12.4 Å². The van der Waals surface area contributed by atoms with Gasteiger partial charge in [-0.05, 0) is 32.0 Å². The van der Waals surface area contributed by atoms with Gasteiger partial charge in [0.1, 0.15) is 0 Å². The van der Waals surface area contributed by atoms with Crippen LogP contribution in [-0.2, 0) is 0 Å². The fourth-order valence-corrected chi connectivity index (χ4v) is 2.78. The number of amides is 1. The van der Waals surface area contributed by atoms with E-state index in [1.54, 1.807) is 4.90 Å². The van der Waals surface area contributed by atoms with Crippen molar-refractivity contribution in [3.8, 4) is 11.4 Å². The van der Waals surface area contributed by atoms with Gasteiger partial charge in [-0.2, -0.15) is 5.10 Å². The number of carbonyl (C=O) groups is 1. The molecule has 1 aromatic heterocycles. The molecule has 0 bridgehead atoms. The number of carbonyl (C=O) groups excluding carboxylic acids is 1. The number of likely N-dealkylation sites (N-methyl/N-ethyl adjacent to an activating group) is 1. The molecule has 1 aromatic carbocycles. The molecule has 1 atom stereocenters. The van der Waals surface area contributed by atoms with Crippen LogP contribution in [0.25, 0.3) is 5.69 Å². The van der Waals surface area contributed by atoms with Gasteiger partial charge in [-0.1, -0.05) is 18.2 Å². The first-order chi connectivity index (χ1) is 10.7. The number of likely N-dealkylation sites (tertiary alicyclic amines) is 1. The van der Waals surface area contributed by atoms with E-state index in [-0.39, 0.29) is 29.8 Å². The van der Waals surface area contributed by atoms with Gasteiger partial charge in [0.2, 0.25) is 0 Å². The second-order valence-electron chi connectivity index (χ2n) is 5.52. The summed E-state index contributed by atoms with van der Waals surface area (Å²) in [5.74, 6) is -0.299. The van der Waals surface area contributed by atoms with Gasteiger partial charge >= 0.3 is 0 Å². The van der Waals surface area contributed by atoms with Crippen molar-refractivity contribution in [1.82, 2.24) is 20.0 Å². The number of nitrogens with one attached hydrogen (secondary N) is 1. The minimum Gasteiger partial charge on any atom is -0.504 e. The second kappa shape index (κ2) is 7.48. The molecule has 1 aliphatic rings. The van der Waals surface area contributed by atoms with Crippen molar-refractivity contribution >= 4 is 18.3 Å². The monoisotopic (exact) mass is 336 g/mol. The number of aromatic nitrogens is 2. The highest BCUT2D eigenvalue weighted by Gasteiger charge is 2.27. The largest absolute Gasteiger partial charge is 0.504 e. The predicted octanol–water partition coefficient (Wildman–Crippen LogP) is 1.82. The van der Waals surface area contributed by atoms with E-state index >= 15 is 0 Å². The summed E-state index contributed by atoms with van der Waals surface area (Å²) in [5.41, 5.74) is 0.921. The van der Waals surface area contributed by atoms with E-state index in [4.69, 9.17) is 0 Å². The fourth-order valence-electron chi connectivity index (χ4n) is 2.78. The summed E-state index contributed by atoms with van der Waals surface area (Å²) >= 11 is 0. The molecule has 6 nitrogen and oxygen atoms in total. The molecule has 1 saturated heterocycles. The van der Waals surface area contributed by atoms with Crippen molar-refractivity contribution in [3.63, 3.8) is 0 Å². The quantitative estimate of drug-likeness (QED) is 0.897. The minimum absolute atomic E-state index is 0. The smallest absolute Gasteiger partial charge is 0.278 e. The summed E-state index contributed by atoms with van der Waals surface area (Å²) in [6.07, 6.45) is 3.49. The number of piperidine rings is 1. The van der Waals surface area contributed by atoms with E-state index in [1.165, 1.54) is 10.9 Å². The maximum absolute atomic E-state index is 12.6. The Labute approximate surface area is 141 Å². The number of para-hydroxylation sites is 1. The Morgan fingerprint density at radius 2 is 2.09 bits per heavy atom. The van der Waals surface area contributed by atoms with Crippen LogP contribution in [0, 0.1) is 0 Å². The van der Waals surface area contributed by atoms with E-state index in [1.807, 2.05) is 37.4 Å². The third-order valence-corrected chi connectivity index (χ3v) is 4.04. The predicted molar refractivity (Wildman–Crippen MR) is 90.5 cm³/mol. The number of aromatic hydroxyl groups is 1. The van der Waals surface area contributed by atoms with Gasteiger partial charge in [0.05, 0.1) is 11.9 Å². The highest BCUT2D eigenvalue weighted by molar-refractivity contribution is 5.95. The Hall–Kier alpha value is -2.05. The summed E-state index contributed by atoms with van der Waals surface area (Å²) < 4.78 is 1.53. The Kier molecular flexibility index (Phi) is 5.63. The molecule has 0 spiro atoms. The van der Waals surface area contributed by atoms with Crippen LogP contribution in [0.4, 0.5) is 0 Å². The molecule has 124 valence electrons. The average molecular weight is 337 g/mol. The van der Waals surface area contributed by atoms with E-state index in [2.05, 4.69) is 10.4 Å². The SMILES string of the molecule is CNC1CCCN(C(=O)c2nn(-c3ccccc3)cc2O)C1.Cl. The van der Waals surface area contributed by atoms with Crippen LogP contribution in [-0.4, -0.2) is 51.9 Å². The van der Waals surface area contributed by atoms with Gasteiger partial charge in [-0.3, -0.25) is 4.79 Å². The van der Waals surface area contributed by atoms with Gasteiger partial charge in [-0.15, -0.1) is 12.4 Å².